The minimum Gasteiger partial charge on any atom is -0.368 e. The van der Waals surface area contributed by atoms with Gasteiger partial charge in [-0.15, -0.1) is 0 Å². The predicted octanol–water partition coefficient (Wildman–Crippen LogP) is 2.66. The Morgan fingerprint density at radius 2 is 2.10 bits per heavy atom. The van der Waals surface area contributed by atoms with Gasteiger partial charge in [-0.25, -0.2) is 0 Å². The zero-order valence-corrected chi connectivity index (χ0v) is 13.1. The Balaban J connectivity index is 2.01. The van der Waals surface area contributed by atoms with Crippen molar-refractivity contribution in [2.45, 2.75) is 64.5 Å². The summed E-state index contributed by atoms with van der Waals surface area (Å²) < 4.78 is 11.1. The Hall–Kier alpha value is -0.940. The molecule has 1 saturated carbocycles. The number of likely N-dealkylation sites (N-methyl/N-ethyl adjacent to an activating group) is 1. The van der Waals surface area contributed by atoms with Crippen LogP contribution in [-0.4, -0.2) is 29.8 Å². The third-order valence-electron chi connectivity index (χ3n) is 4.25. The molecule has 1 aromatic heterocycles. The summed E-state index contributed by atoms with van der Waals surface area (Å²) in [5.41, 5.74) is -0.487. The maximum atomic E-state index is 5.66. The zero-order valence-electron chi connectivity index (χ0n) is 13.1. The van der Waals surface area contributed by atoms with E-state index in [1.165, 1.54) is 25.7 Å². The molecule has 1 heterocycles. The van der Waals surface area contributed by atoms with Crippen molar-refractivity contribution < 1.29 is 9.26 Å². The van der Waals surface area contributed by atoms with Gasteiger partial charge >= 0.3 is 0 Å². The maximum absolute atomic E-state index is 5.66. The second-order valence-electron chi connectivity index (χ2n) is 6.10. The molecule has 1 aliphatic rings. The Bertz CT molecular complexity index is 411. The number of rotatable bonds is 7. The van der Waals surface area contributed by atoms with Gasteiger partial charge in [-0.2, -0.15) is 4.98 Å². The van der Waals surface area contributed by atoms with Crippen LogP contribution in [0.5, 0.6) is 0 Å². The number of hydrogen-bond donors (Lipinski definition) is 1. The Kier molecular flexibility index (Phi) is 5.16. The summed E-state index contributed by atoms with van der Waals surface area (Å²) in [6.45, 7) is 6.55. The first-order chi connectivity index (χ1) is 9.56. The molecule has 0 aliphatic heterocycles. The topological polar surface area (TPSA) is 60.2 Å². The van der Waals surface area contributed by atoms with Crippen molar-refractivity contribution in [2.75, 3.05) is 13.7 Å². The highest BCUT2D eigenvalue weighted by atomic mass is 16.5. The molecular formula is C15H27N3O2. The lowest BCUT2D eigenvalue weighted by atomic mass is 9.95. The number of aromatic nitrogens is 2. The van der Waals surface area contributed by atoms with Gasteiger partial charge in [0.1, 0.15) is 5.60 Å². The fraction of sp³-hybridized carbons (Fsp3) is 0.867. The number of nitrogens with zero attached hydrogens (tertiary/aromatic N) is 2. The number of nitrogens with one attached hydrogen (secondary N) is 1. The van der Waals surface area contributed by atoms with Crippen molar-refractivity contribution in [1.82, 2.24) is 15.5 Å². The summed E-state index contributed by atoms with van der Waals surface area (Å²) in [5, 5.41) is 7.49. The Labute approximate surface area is 121 Å². The predicted molar refractivity (Wildman–Crippen MR) is 77.5 cm³/mol. The van der Waals surface area contributed by atoms with Crippen LogP contribution in [0.3, 0.4) is 0 Å². The van der Waals surface area contributed by atoms with Crippen LogP contribution in [0.25, 0.3) is 0 Å². The van der Waals surface area contributed by atoms with E-state index in [4.69, 9.17) is 9.26 Å². The highest BCUT2D eigenvalue weighted by Gasteiger charge is 2.29. The lowest BCUT2D eigenvalue weighted by Gasteiger charge is -2.21. The molecule has 1 atom stereocenters. The van der Waals surface area contributed by atoms with Crippen molar-refractivity contribution >= 4 is 0 Å². The molecule has 1 aliphatic carbocycles. The molecule has 1 unspecified atom stereocenters. The quantitative estimate of drug-likeness (QED) is 0.832. The SMILES string of the molecule is CCOC(C)(C)c1noc(CC(NC)C2CCCC2)n1. The van der Waals surface area contributed by atoms with Crippen LogP contribution in [0.4, 0.5) is 0 Å². The third-order valence-corrected chi connectivity index (χ3v) is 4.25. The largest absolute Gasteiger partial charge is 0.368 e. The van der Waals surface area contributed by atoms with Gasteiger partial charge in [0.25, 0.3) is 0 Å². The van der Waals surface area contributed by atoms with Gasteiger partial charge in [0.15, 0.2) is 0 Å². The van der Waals surface area contributed by atoms with Gasteiger partial charge in [-0.05, 0) is 46.6 Å². The average molecular weight is 281 g/mol. The molecule has 114 valence electrons. The van der Waals surface area contributed by atoms with E-state index in [2.05, 4.69) is 15.5 Å². The summed E-state index contributed by atoms with van der Waals surface area (Å²) in [5.74, 6) is 2.07. The zero-order chi connectivity index (χ0) is 14.6. The molecule has 5 heteroatoms. The van der Waals surface area contributed by atoms with E-state index in [9.17, 15) is 0 Å². The Morgan fingerprint density at radius 3 is 2.70 bits per heavy atom. The summed E-state index contributed by atoms with van der Waals surface area (Å²) in [6.07, 6.45) is 6.09. The highest BCUT2D eigenvalue weighted by Crippen LogP contribution is 2.29. The fourth-order valence-electron chi connectivity index (χ4n) is 3.06. The molecule has 0 saturated heterocycles. The van der Waals surface area contributed by atoms with Crippen LogP contribution in [0.2, 0.25) is 0 Å². The Morgan fingerprint density at radius 1 is 1.40 bits per heavy atom. The van der Waals surface area contributed by atoms with Crippen LogP contribution in [0.1, 0.15) is 58.2 Å². The maximum Gasteiger partial charge on any atom is 0.228 e. The van der Waals surface area contributed by atoms with E-state index < -0.39 is 5.60 Å². The van der Waals surface area contributed by atoms with Gasteiger partial charge in [-0.3, -0.25) is 0 Å². The van der Waals surface area contributed by atoms with Crippen molar-refractivity contribution in [3.8, 4) is 0 Å². The standard InChI is InChI=1S/C15H27N3O2/c1-5-19-15(2,3)14-17-13(20-18-14)10-12(16-4)11-8-6-7-9-11/h11-12,16H,5-10H2,1-4H3. The lowest BCUT2D eigenvalue weighted by molar-refractivity contribution is -0.0221. The normalized spacial score (nSPS) is 18.6. The van der Waals surface area contributed by atoms with E-state index in [1.807, 2.05) is 27.8 Å². The molecule has 0 spiro atoms. The summed E-state index contributed by atoms with van der Waals surface area (Å²) in [6, 6.07) is 0.431. The van der Waals surface area contributed by atoms with E-state index in [0.29, 0.717) is 24.4 Å². The molecule has 1 fully saturated rings. The molecule has 2 rings (SSSR count). The monoisotopic (exact) mass is 281 g/mol. The van der Waals surface area contributed by atoms with Gasteiger partial charge in [0, 0.05) is 19.1 Å². The van der Waals surface area contributed by atoms with Crippen molar-refractivity contribution in [3.63, 3.8) is 0 Å². The molecule has 0 radical (unpaired) electrons. The fourth-order valence-corrected chi connectivity index (χ4v) is 3.06. The lowest BCUT2D eigenvalue weighted by Crippen LogP contribution is -2.34. The van der Waals surface area contributed by atoms with Crippen molar-refractivity contribution in [3.05, 3.63) is 11.7 Å². The summed E-state index contributed by atoms with van der Waals surface area (Å²) in [7, 11) is 2.02. The molecule has 1 N–H and O–H groups in total. The van der Waals surface area contributed by atoms with Crippen molar-refractivity contribution in [1.29, 1.82) is 0 Å². The van der Waals surface area contributed by atoms with E-state index in [1.54, 1.807) is 0 Å². The molecule has 20 heavy (non-hydrogen) atoms. The van der Waals surface area contributed by atoms with Gasteiger partial charge in [-0.1, -0.05) is 18.0 Å². The van der Waals surface area contributed by atoms with Gasteiger partial charge in [0.05, 0.1) is 0 Å². The smallest absolute Gasteiger partial charge is 0.228 e. The minimum absolute atomic E-state index is 0.431. The number of hydrogen-bond acceptors (Lipinski definition) is 5. The second kappa shape index (κ2) is 6.68. The highest BCUT2D eigenvalue weighted by molar-refractivity contribution is 4.99. The number of ether oxygens (including phenoxy) is 1. The van der Waals surface area contributed by atoms with Gasteiger partial charge < -0.3 is 14.6 Å². The molecule has 5 nitrogen and oxygen atoms in total. The van der Waals surface area contributed by atoms with Crippen LogP contribution < -0.4 is 5.32 Å². The first kappa shape index (κ1) is 15.4. The molecular weight excluding hydrogens is 254 g/mol. The summed E-state index contributed by atoms with van der Waals surface area (Å²) in [4.78, 5) is 4.52. The second-order valence-corrected chi connectivity index (χ2v) is 6.10. The molecule has 0 aromatic carbocycles. The van der Waals surface area contributed by atoms with Crippen LogP contribution in [-0.2, 0) is 16.8 Å². The van der Waals surface area contributed by atoms with Crippen LogP contribution in [0, 0.1) is 5.92 Å². The molecule has 0 amide bonds. The minimum atomic E-state index is -0.487. The van der Waals surface area contributed by atoms with Crippen LogP contribution >= 0.6 is 0 Å². The third kappa shape index (κ3) is 3.58. The first-order valence-electron chi connectivity index (χ1n) is 7.71. The molecule has 1 aromatic rings. The molecule has 0 bridgehead atoms. The first-order valence-corrected chi connectivity index (χ1v) is 7.71. The van der Waals surface area contributed by atoms with Crippen molar-refractivity contribution in [2.24, 2.45) is 5.92 Å². The van der Waals surface area contributed by atoms with E-state index in [-0.39, 0.29) is 0 Å². The van der Waals surface area contributed by atoms with E-state index >= 15 is 0 Å². The summed E-state index contributed by atoms with van der Waals surface area (Å²) >= 11 is 0. The van der Waals surface area contributed by atoms with E-state index in [0.717, 1.165) is 12.3 Å². The van der Waals surface area contributed by atoms with Gasteiger partial charge in [0.2, 0.25) is 11.7 Å². The van der Waals surface area contributed by atoms with Crippen LogP contribution in [0.15, 0.2) is 4.52 Å². The average Bonchev–Trinajstić information content (AvgIpc) is 3.07.